The molecular formula is C26H28F3N3O3. The number of hydrogen-bond donors (Lipinski definition) is 1. The van der Waals surface area contributed by atoms with E-state index in [2.05, 4.69) is 21.8 Å². The summed E-state index contributed by atoms with van der Waals surface area (Å²) in [7, 11) is 1.58. The maximum atomic E-state index is 12.9. The van der Waals surface area contributed by atoms with Crippen LogP contribution in [0.4, 0.5) is 18.9 Å². The van der Waals surface area contributed by atoms with Crippen molar-refractivity contribution in [2.24, 2.45) is 0 Å². The summed E-state index contributed by atoms with van der Waals surface area (Å²) < 4.78 is 49.6. The smallest absolute Gasteiger partial charge is 0.416 e. The second-order valence-electron chi connectivity index (χ2n) is 8.06. The quantitative estimate of drug-likeness (QED) is 0.542. The lowest BCUT2D eigenvalue weighted by molar-refractivity contribution is -0.137. The van der Waals surface area contributed by atoms with Gasteiger partial charge in [0.2, 0.25) is 5.88 Å². The van der Waals surface area contributed by atoms with Gasteiger partial charge in [0.25, 0.3) is 5.91 Å². The minimum atomic E-state index is -4.51. The van der Waals surface area contributed by atoms with Crippen LogP contribution < -0.4 is 15.0 Å². The second-order valence-corrected chi connectivity index (χ2v) is 8.06. The molecule has 0 saturated carbocycles. The molecular weight excluding hydrogens is 459 g/mol. The van der Waals surface area contributed by atoms with Crippen molar-refractivity contribution in [3.63, 3.8) is 0 Å². The van der Waals surface area contributed by atoms with Crippen LogP contribution >= 0.6 is 0 Å². The number of methoxy groups -OCH3 is 1. The molecule has 35 heavy (non-hydrogen) atoms. The number of rotatable bonds is 7. The molecule has 6 nitrogen and oxygen atoms in total. The summed E-state index contributed by atoms with van der Waals surface area (Å²) >= 11 is 0. The third-order valence-corrected chi connectivity index (χ3v) is 5.55. The van der Waals surface area contributed by atoms with Gasteiger partial charge in [0.15, 0.2) is 0 Å². The first-order valence-corrected chi connectivity index (χ1v) is 11.0. The van der Waals surface area contributed by atoms with E-state index in [1.54, 1.807) is 32.4 Å². The number of nitrogens with one attached hydrogen (secondary N) is 1. The van der Waals surface area contributed by atoms with Gasteiger partial charge in [-0.15, -0.1) is 0 Å². The molecule has 1 amide bonds. The molecule has 2 aromatic rings. The first-order chi connectivity index (χ1) is 16.6. The number of anilines is 1. The zero-order chi connectivity index (χ0) is 25.6. The van der Waals surface area contributed by atoms with Crippen LogP contribution in [0.1, 0.15) is 35.3 Å². The van der Waals surface area contributed by atoms with E-state index in [4.69, 9.17) is 9.47 Å². The van der Waals surface area contributed by atoms with E-state index in [1.165, 1.54) is 12.1 Å². The minimum Gasteiger partial charge on any atom is -0.480 e. The molecule has 186 valence electrons. The van der Waals surface area contributed by atoms with Crippen molar-refractivity contribution in [2.75, 3.05) is 38.3 Å². The van der Waals surface area contributed by atoms with E-state index in [0.717, 1.165) is 47.6 Å². The molecule has 0 unspecified atom stereocenters. The Balaban J connectivity index is 1.72. The van der Waals surface area contributed by atoms with Crippen molar-refractivity contribution >= 4 is 17.2 Å². The number of carbonyl (C=O) groups excluding carboxylic acids is 1. The van der Waals surface area contributed by atoms with Crippen molar-refractivity contribution < 1.29 is 27.4 Å². The lowest BCUT2D eigenvalue weighted by Crippen LogP contribution is -2.36. The van der Waals surface area contributed by atoms with Crippen LogP contribution in [0.3, 0.4) is 0 Å². The number of aromatic nitrogens is 1. The molecule has 1 aromatic carbocycles. The Kier molecular flexibility index (Phi) is 8.34. The van der Waals surface area contributed by atoms with Crippen LogP contribution in [0.15, 0.2) is 66.5 Å². The Hall–Kier alpha value is -3.59. The van der Waals surface area contributed by atoms with Gasteiger partial charge in [0.1, 0.15) is 5.69 Å². The first-order valence-electron chi connectivity index (χ1n) is 11.0. The van der Waals surface area contributed by atoms with Gasteiger partial charge in [-0.1, -0.05) is 18.7 Å². The summed E-state index contributed by atoms with van der Waals surface area (Å²) in [6.07, 6.45) is 0.627. The van der Waals surface area contributed by atoms with Crippen LogP contribution in [0.25, 0.3) is 5.57 Å². The number of ether oxygens (including phenoxy) is 2. The van der Waals surface area contributed by atoms with Gasteiger partial charge in [0, 0.05) is 36.1 Å². The number of amides is 1. The summed E-state index contributed by atoms with van der Waals surface area (Å²) in [5.41, 5.74) is 2.78. The summed E-state index contributed by atoms with van der Waals surface area (Å²) in [5.74, 6) is -0.0950. The number of benzene rings is 1. The molecule has 9 heteroatoms. The summed E-state index contributed by atoms with van der Waals surface area (Å²) in [5, 5.41) is 2.61. The van der Waals surface area contributed by atoms with Crippen LogP contribution in [-0.4, -0.2) is 44.3 Å². The van der Waals surface area contributed by atoms with E-state index in [1.807, 2.05) is 13.0 Å². The highest BCUT2D eigenvalue weighted by Gasteiger charge is 2.30. The molecule has 0 spiro atoms. The fraction of sp³-hybridized carbons (Fsp3) is 0.308. The lowest BCUT2D eigenvalue weighted by Gasteiger charge is -2.29. The van der Waals surface area contributed by atoms with E-state index in [0.29, 0.717) is 24.8 Å². The first kappa shape index (κ1) is 26.0. The highest BCUT2D eigenvalue weighted by Crippen LogP contribution is 2.32. The van der Waals surface area contributed by atoms with Crippen molar-refractivity contribution in [1.29, 1.82) is 0 Å². The van der Waals surface area contributed by atoms with Gasteiger partial charge in [-0.25, -0.2) is 4.98 Å². The van der Waals surface area contributed by atoms with Crippen LogP contribution in [-0.2, 0) is 10.9 Å². The molecule has 1 aliphatic heterocycles. The number of nitrogens with zero attached hydrogens (tertiary/aromatic N) is 2. The molecule has 1 fully saturated rings. The highest BCUT2D eigenvalue weighted by atomic mass is 19.4. The fourth-order valence-corrected chi connectivity index (χ4v) is 3.50. The number of halogens is 3. The molecule has 0 atom stereocenters. The van der Waals surface area contributed by atoms with Crippen molar-refractivity contribution in [3.8, 4) is 5.88 Å². The lowest BCUT2D eigenvalue weighted by atomic mass is 10.0. The van der Waals surface area contributed by atoms with E-state index >= 15 is 0 Å². The number of pyridine rings is 1. The van der Waals surface area contributed by atoms with Gasteiger partial charge < -0.3 is 19.7 Å². The fourth-order valence-electron chi connectivity index (χ4n) is 3.50. The van der Waals surface area contributed by atoms with Gasteiger partial charge in [-0.05, 0) is 55.3 Å². The van der Waals surface area contributed by atoms with Crippen LogP contribution in [0.2, 0.25) is 0 Å². The summed E-state index contributed by atoms with van der Waals surface area (Å²) in [6.45, 7) is 10.4. The van der Waals surface area contributed by atoms with Crippen molar-refractivity contribution in [1.82, 2.24) is 10.3 Å². The third kappa shape index (κ3) is 6.73. The number of alkyl halides is 3. The Morgan fingerprint density at radius 3 is 2.54 bits per heavy atom. The zero-order valence-corrected chi connectivity index (χ0v) is 19.9. The van der Waals surface area contributed by atoms with E-state index in [9.17, 15) is 18.0 Å². The van der Waals surface area contributed by atoms with Crippen molar-refractivity contribution in [3.05, 3.63) is 83.2 Å². The largest absolute Gasteiger partial charge is 0.480 e. The van der Waals surface area contributed by atoms with E-state index < -0.39 is 17.6 Å². The summed E-state index contributed by atoms with van der Waals surface area (Å²) in [4.78, 5) is 19.0. The SMILES string of the molecule is C=C(/C(C)=C\C=C(/C)NC(=O)c1cccc(C(F)(F)F)c1)c1cnc(OC)c(N2CCOCC2)c1. The van der Waals surface area contributed by atoms with Gasteiger partial charge in [-0.2, -0.15) is 13.2 Å². The maximum Gasteiger partial charge on any atom is 0.416 e. The Morgan fingerprint density at radius 1 is 1.17 bits per heavy atom. The van der Waals surface area contributed by atoms with Gasteiger partial charge in [0.05, 0.1) is 25.9 Å². The predicted octanol–water partition coefficient (Wildman–Crippen LogP) is 5.24. The molecule has 0 aliphatic carbocycles. The molecule has 0 radical (unpaired) electrons. The molecule has 1 saturated heterocycles. The molecule has 1 aliphatic rings. The van der Waals surface area contributed by atoms with Crippen LogP contribution in [0.5, 0.6) is 5.88 Å². The van der Waals surface area contributed by atoms with Gasteiger partial charge >= 0.3 is 6.18 Å². The van der Waals surface area contributed by atoms with Crippen LogP contribution in [0, 0.1) is 0 Å². The topological polar surface area (TPSA) is 63.7 Å². The third-order valence-electron chi connectivity index (χ3n) is 5.55. The monoisotopic (exact) mass is 487 g/mol. The molecule has 0 bridgehead atoms. The second kappa shape index (κ2) is 11.2. The Labute approximate surface area is 202 Å². The Bertz CT molecular complexity index is 1150. The average molecular weight is 488 g/mol. The standard InChI is InChI=1S/C26H28F3N3O3/c1-17(8-9-18(2)31-24(33)20-6-5-7-22(14-20)26(27,28)29)19(3)21-15-23(25(34-4)30-16-21)32-10-12-35-13-11-32/h5-9,14-16H,3,10-13H2,1-2,4H3,(H,31,33)/b17-8-,18-9+. The van der Waals surface area contributed by atoms with Gasteiger partial charge in [-0.3, -0.25) is 4.79 Å². The molecule has 3 rings (SSSR count). The summed E-state index contributed by atoms with van der Waals surface area (Å²) in [6, 6.07) is 6.27. The number of carbonyl (C=O) groups is 1. The predicted molar refractivity (Wildman–Crippen MR) is 129 cm³/mol. The number of morpholine rings is 1. The molecule has 1 aromatic heterocycles. The Morgan fingerprint density at radius 2 is 1.89 bits per heavy atom. The molecule has 2 heterocycles. The minimum absolute atomic E-state index is 0.0716. The van der Waals surface area contributed by atoms with Crippen molar-refractivity contribution in [2.45, 2.75) is 20.0 Å². The average Bonchev–Trinajstić information content (AvgIpc) is 2.86. The highest BCUT2D eigenvalue weighted by molar-refractivity contribution is 5.95. The number of hydrogen-bond acceptors (Lipinski definition) is 5. The maximum absolute atomic E-state index is 12.9. The molecule has 1 N–H and O–H groups in total. The normalized spacial score (nSPS) is 15.1. The number of allylic oxidation sites excluding steroid dienone is 5. The zero-order valence-electron chi connectivity index (χ0n) is 19.9. The van der Waals surface area contributed by atoms with E-state index in [-0.39, 0.29) is 5.56 Å².